The van der Waals surface area contributed by atoms with Crippen molar-refractivity contribution in [2.24, 2.45) is 0 Å². The summed E-state index contributed by atoms with van der Waals surface area (Å²) in [6, 6.07) is 11.1. The smallest absolute Gasteiger partial charge is 0.303 e. The largest absolute Gasteiger partial charge is 0.507 e. The van der Waals surface area contributed by atoms with Crippen LogP contribution in [0.2, 0.25) is 0 Å². The van der Waals surface area contributed by atoms with Crippen molar-refractivity contribution in [1.29, 1.82) is 0 Å². The van der Waals surface area contributed by atoms with Gasteiger partial charge in [0.1, 0.15) is 5.76 Å². The molecule has 31 heavy (non-hydrogen) atoms. The number of hydrogen-bond donors (Lipinski definition) is 2. The van der Waals surface area contributed by atoms with E-state index in [0.29, 0.717) is 0 Å². The number of aliphatic hydroxyl groups is 1. The number of aryl methyl sites for hydroxylation is 1. The quantitative estimate of drug-likeness (QED) is 0.229. The minimum atomic E-state index is -1.21. The van der Waals surface area contributed by atoms with Gasteiger partial charge in [-0.15, -0.1) is 0 Å². The van der Waals surface area contributed by atoms with Crippen molar-refractivity contribution in [2.75, 3.05) is 6.54 Å². The monoisotopic (exact) mass is 424 g/mol. The van der Waals surface area contributed by atoms with Crippen molar-refractivity contribution in [3.8, 4) is 0 Å². The molecule has 0 bridgehead atoms. The molecule has 1 amide bonds. The SMILES string of the molecule is Cc1ccc(C(O)=C2C(=O)C(=O)N(CCCC(=O)O)[C@H]2c2ccccc2[N+](=O)[O-])cc1. The normalized spacial score (nSPS) is 17.7. The Balaban J connectivity index is 2.18. The van der Waals surface area contributed by atoms with Gasteiger partial charge in [0.2, 0.25) is 0 Å². The van der Waals surface area contributed by atoms with Gasteiger partial charge in [0.25, 0.3) is 17.4 Å². The predicted octanol–water partition coefficient (Wildman–Crippen LogP) is 3.19. The zero-order valence-electron chi connectivity index (χ0n) is 16.6. The molecule has 1 fully saturated rings. The summed E-state index contributed by atoms with van der Waals surface area (Å²) < 4.78 is 0. The third-order valence-corrected chi connectivity index (χ3v) is 5.08. The van der Waals surface area contributed by atoms with Crippen LogP contribution in [0.25, 0.3) is 5.76 Å². The number of hydrogen-bond acceptors (Lipinski definition) is 6. The number of carboxylic acid groups (broad SMARTS) is 1. The van der Waals surface area contributed by atoms with E-state index in [1.54, 1.807) is 24.3 Å². The first kappa shape index (κ1) is 21.7. The average Bonchev–Trinajstić information content (AvgIpc) is 2.98. The highest BCUT2D eigenvalue weighted by Crippen LogP contribution is 2.42. The van der Waals surface area contributed by atoms with Crippen LogP contribution < -0.4 is 0 Å². The minimum Gasteiger partial charge on any atom is -0.507 e. The van der Waals surface area contributed by atoms with Gasteiger partial charge in [0, 0.05) is 24.6 Å². The number of likely N-dealkylation sites (tertiary alicyclic amines) is 1. The maximum absolute atomic E-state index is 12.9. The van der Waals surface area contributed by atoms with Crippen molar-refractivity contribution in [2.45, 2.75) is 25.8 Å². The van der Waals surface area contributed by atoms with Crippen LogP contribution in [0.5, 0.6) is 0 Å². The summed E-state index contributed by atoms with van der Waals surface area (Å²) in [5.41, 5.74) is 0.695. The Morgan fingerprint density at radius 2 is 1.74 bits per heavy atom. The van der Waals surface area contributed by atoms with Gasteiger partial charge in [-0.2, -0.15) is 0 Å². The van der Waals surface area contributed by atoms with Gasteiger partial charge in [0.15, 0.2) is 0 Å². The maximum Gasteiger partial charge on any atom is 0.303 e. The molecule has 1 atom stereocenters. The fourth-order valence-corrected chi connectivity index (χ4v) is 3.59. The Labute approximate surface area is 177 Å². The fourth-order valence-electron chi connectivity index (χ4n) is 3.59. The third-order valence-electron chi connectivity index (χ3n) is 5.08. The average molecular weight is 424 g/mol. The van der Waals surface area contributed by atoms with Crippen LogP contribution in [0.1, 0.15) is 35.6 Å². The molecule has 0 aromatic heterocycles. The highest BCUT2D eigenvalue weighted by atomic mass is 16.6. The molecule has 0 aliphatic carbocycles. The van der Waals surface area contributed by atoms with Gasteiger partial charge in [-0.05, 0) is 19.4 Å². The van der Waals surface area contributed by atoms with Crippen molar-refractivity contribution < 1.29 is 29.5 Å². The zero-order chi connectivity index (χ0) is 22.7. The molecule has 0 saturated carbocycles. The number of nitro groups is 1. The van der Waals surface area contributed by atoms with Crippen molar-refractivity contribution in [3.05, 3.63) is 80.9 Å². The molecular weight excluding hydrogens is 404 g/mol. The molecule has 3 rings (SSSR count). The number of aliphatic carboxylic acids is 1. The summed E-state index contributed by atoms with van der Waals surface area (Å²) in [4.78, 5) is 48.6. The van der Waals surface area contributed by atoms with Crippen molar-refractivity contribution in [1.82, 2.24) is 4.90 Å². The van der Waals surface area contributed by atoms with Crippen LogP contribution in [0, 0.1) is 17.0 Å². The molecule has 0 radical (unpaired) electrons. The van der Waals surface area contributed by atoms with Gasteiger partial charge in [-0.3, -0.25) is 24.5 Å². The Morgan fingerprint density at radius 3 is 2.35 bits per heavy atom. The number of amides is 1. The summed E-state index contributed by atoms with van der Waals surface area (Å²) in [7, 11) is 0. The highest BCUT2D eigenvalue weighted by molar-refractivity contribution is 6.46. The summed E-state index contributed by atoms with van der Waals surface area (Å²) in [6.07, 6.45) is -0.200. The van der Waals surface area contributed by atoms with Crippen LogP contribution in [0.3, 0.4) is 0 Å². The van der Waals surface area contributed by atoms with Gasteiger partial charge in [0.05, 0.1) is 22.1 Å². The molecule has 1 aliphatic rings. The van der Waals surface area contributed by atoms with E-state index < -0.39 is 34.4 Å². The van der Waals surface area contributed by atoms with E-state index in [-0.39, 0.29) is 41.8 Å². The number of para-hydroxylation sites is 1. The molecule has 9 heteroatoms. The summed E-state index contributed by atoms with van der Waals surface area (Å²) in [5.74, 6) is -3.43. The van der Waals surface area contributed by atoms with E-state index in [4.69, 9.17) is 5.11 Å². The topological polar surface area (TPSA) is 138 Å². The van der Waals surface area contributed by atoms with Crippen LogP contribution in [0.15, 0.2) is 54.1 Å². The molecule has 9 nitrogen and oxygen atoms in total. The van der Waals surface area contributed by atoms with Crippen LogP contribution in [-0.4, -0.2) is 44.2 Å². The van der Waals surface area contributed by atoms with Crippen LogP contribution in [0.4, 0.5) is 5.69 Å². The number of nitro benzene ring substituents is 1. The first-order chi connectivity index (χ1) is 14.7. The zero-order valence-corrected chi connectivity index (χ0v) is 16.6. The molecule has 0 spiro atoms. The molecule has 160 valence electrons. The summed E-state index contributed by atoms with van der Waals surface area (Å²) in [6.45, 7) is 1.73. The standard InChI is InChI=1S/C22H20N2O7/c1-13-8-10-14(11-9-13)20(27)18-19(15-5-2-3-6-16(15)24(30)31)23(22(29)21(18)28)12-4-7-17(25)26/h2-3,5-6,8-11,19,27H,4,7,12H2,1H3,(H,25,26)/t19-/m0/s1. The van der Waals surface area contributed by atoms with E-state index in [1.807, 2.05) is 6.92 Å². The van der Waals surface area contributed by atoms with E-state index in [0.717, 1.165) is 10.5 Å². The van der Waals surface area contributed by atoms with Gasteiger partial charge >= 0.3 is 5.97 Å². The second kappa shape index (κ2) is 8.78. The lowest BCUT2D eigenvalue weighted by Crippen LogP contribution is -2.31. The number of ketones is 1. The van der Waals surface area contributed by atoms with E-state index >= 15 is 0 Å². The Kier molecular flexibility index (Phi) is 6.15. The van der Waals surface area contributed by atoms with Crippen LogP contribution in [-0.2, 0) is 14.4 Å². The second-order valence-electron chi connectivity index (χ2n) is 7.17. The number of carbonyl (C=O) groups excluding carboxylic acids is 2. The van der Waals surface area contributed by atoms with E-state index in [1.165, 1.54) is 24.3 Å². The molecule has 2 N–H and O–H groups in total. The summed E-state index contributed by atoms with van der Waals surface area (Å²) >= 11 is 0. The van der Waals surface area contributed by atoms with Gasteiger partial charge in [-0.1, -0.05) is 42.0 Å². The number of carbonyl (C=O) groups is 3. The fraction of sp³-hybridized carbons (Fsp3) is 0.227. The van der Waals surface area contributed by atoms with Gasteiger partial charge in [-0.25, -0.2) is 0 Å². The van der Waals surface area contributed by atoms with Crippen molar-refractivity contribution in [3.63, 3.8) is 0 Å². The third kappa shape index (κ3) is 4.30. The first-order valence-electron chi connectivity index (χ1n) is 9.53. The van der Waals surface area contributed by atoms with E-state index in [2.05, 4.69) is 0 Å². The number of rotatable bonds is 7. The minimum absolute atomic E-state index is 0.0457. The Morgan fingerprint density at radius 1 is 1.10 bits per heavy atom. The molecule has 1 heterocycles. The lowest BCUT2D eigenvalue weighted by molar-refractivity contribution is -0.385. The second-order valence-corrected chi connectivity index (χ2v) is 7.17. The lowest BCUT2D eigenvalue weighted by atomic mass is 9.94. The molecule has 0 unspecified atom stereocenters. The van der Waals surface area contributed by atoms with Gasteiger partial charge < -0.3 is 15.1 Å². The van der Waals surface area contributed by atoms with E-state index in [9.17, 15) is 29.6 Å². The molecule has 2 aromatic carbocycles. The Hall–Kier alpha value is -4.01. The molecule has 1 aliphatic heterocycles. The molecule has 2 aromatic rings. The highest BCUT2D eigenvalue weighted by Gasteiger charge is 2.47. The number of benzene rings is 2. The lowest BCUT2D eigenvalue weighted by Gasteiger charge is -2.25. The number of carboxylic acids is 1. The molecule has 1 saturated heterocycles. The Bertz CT molecular complexity index is 1090. The maximum atomic E-state index is 12.9. The number of nitrogens with zero attached hydrogens (tertiary/aromatic N) is 2. The number of Topliss-reactive ketones (excluding diaryl/α,β-unsaturated/α-hetero) is 1. The van der Waals surface area contributed by atoms with Crippen molar-refractivity contribution >= 4 is 29.1 Å². The van der Waals surface area contributed by atoms with Crippen LogP contribution >= 0.6 is 0 Å². The predicted molar refractivity (Wildman–Crippen MR) is 110 cm³/mol. The first-order valence-corrected chi connectivity index (χ1v) is 9.53. The number of aliphatic hydroxyl groups excluding tert-OH is 1. The molecular formula is C22H20N2O7. The summed E-state index contributed by atoms with van der Waals surface area (Å²) in [5, 5.41) is 31.4.